The van der Waals surface area contributed by atoms with Crippen molar-refractivity contribution >= 4 is 5.91 Å². The van der Waals surface area contributed by atoms with Gasteiger partial charge in [0.05, 0.1) is 17.9 Å². The second-order valence-electron chi connectivity index (χ2n) is 7.01. The third kappa shape index (κ3) is 3.47. The first-order chi connectivity index (χ1) is 12.4. The summed E-state index contributed by atoms with van der Waals surface area (Å²) in [7, 11) is 0. The lowest BCUT2D eigenvalue weighted by atomic mass is 9.95. The number of amides is 1. The van der Waals surface area contributed by atoms with Gasteiger partial charge in [-0.15, -0.1) is 0 Å². The second kappa shape index (κ2) is 6.44. The second-order valence-corrected chi connectivity index (χ2v) is 7.01. The van der Waals surface area contributed by atoms with E-state index >= 15 is 0 Å². The fourth-order valence-corrected chi connectivity index (χ4v) is 3.47. The van der Waals surface area contributed by atoms with E-state index in [1.807, 2.05) is 6.07 Å². The molecule has 1 fully saturated rings. The van der Waals surface area contributed by atoms with Crippen molar-refractivity contribution in [3.8, 4) is 0 Å². The van der Waals surface area contributed by atoms with E-state index in [4.69, 9.17) is 0 Å². The Labute approximate surface area is 148 Å². The molecular weight excluding hydrogens is 347 g/mol. The first-order valence-electron chi connectivity index (χ1n) is 8.88. The zero-order valence-electron chi connectivity index (χ0n) is 14.2. The number of aromatic nitrogens is 4. The lowest BCUT2D eigenvalue weighted by Crippen LogP contribution is -2.28. The van der Waals surface area contributed by atoms with Crippen molar-refractivity contribution in [2.75, 3.05) is 0 Å². The molecule has 0 spiro atoms. The van der Waals surface area contributed by atoms with Crippen LogP contribution in [0.3, 0.4) is 0 Å². The highest BCUT2D eigenvalue weighted by molar-refractivity contribution is 5.75. The third-order valence-corrected chi connectivity index (χ3v) is 4.94. The molecule has 2 aromatic rings. The van der Waals surface area contributed by atoms with Crippen LogP contribution in [0.15, 0.2) is 6.07 Å². The van der Waals surface area contributed by atoms with E-state index in [1.165, 1.54) is 4.68 Å². The Bertz CT molecular complexity index is 819. The summed E-state index contributed by atoms with van der Waals surface area (Å²) in [6.45, 7) is 0.0656. The maximum Gasteiger partial charge on any atom is 0.435 e. The number of H-pyrrole nitrogens is 1. The van der Waals surface area contributed by atoms with Crippen LogP contribution in [0.25, 0.3) is 0 Å². The van der Waals surface area contributed by atoms with Crippen LogP contribution in [0.4, 0.5) is 13.2 Å². The molecule has 9 heteroatoms. The van der Waals surface area contributed by atoms with Crippen LogP contribution < -0.4 is 5.32 Å². The van der Waals surface area contributed by atoms with E-state index in [2.05, 4.69) is 20.6 Å². The molecular formula is C17H20F3N5O. The molecule has 6 nitrogen and oxygen atoms in total. The van der Waals surface area contributed by atoms with Crippen molar-refractivity contribution in [1.29, 1.82) is 0 Å². The van der Waals surface area contributed by atoms with Gasteiger partial charge in [0.1, 0.15) is 6.54 Å². The average Bonchev–Trinajstić information content (AvgIpc) is 3.22. The van der Waals surface area contributed by atoms with Gasteiger partial charge >= 0.3 is 6.18 Å². The molecule has 0 unspecified atom stereocenters. The van der Waals surface area contributed by atoms with Crippen LogP contribution in [-0.2, 0) is 36.9 Å². The Kier molecular flexibility index (Phi) is 4.24. The van der Waals surface area contributed by atoms with Crippen molar-refractivity contribution in [3.63, 3.8) is 0 Å². The minimum Gasteiger partial charge on any atom is -0.349 e. The first kappa shape index (κ1) is 17.1. The predicted octanol–water partition coefficient (Wildman–Crippen LogP) is 2.70. The van der Waals surface area contributed by atoms with Crippen molar-refractivity contribution in [2.24, 2.45) is 0 Å². The van der Waals surface area contributed by atoms with E-state index in [0.717, 1.165) is 37.1 Å². The number of hydrogen-bond acceptors (Lipinski definition) is 3. The van der Waals surface area contributed by atoms with Gasteiger partial charge in [0, 0.05) is 17.2 Å². The van der Waals surface area contributed by atoms with Crippen molar-refractivity contribution < 1.29 is 18.0 Å². The van der Waals surface area contributed by atoms with Crippen LogP contribution in [0.1, 0.15) is 59.9 Å². The number of alkyl halides is 3. The van der Waals surface area contributed by atoms with Gasteiger partial charge in [-0.3, -0.25) is 14.6 Å². The van der Waals surface area contributed by atoms with E-state index < -0.39 is 11.9 Å². The summed E-state index contributed by atoms with van der Waals surface area (Å²) >= 11 is 0. The van der Waals surface area contributed by atoms with Gasteiger partial charge in [-0.1, -0.05) is 0 Å². The quantitative estimate of drug-likeness (QED) is 0.853. The molecule has 0 aliphatic heterocycles. The summed E-state index contributed by atoms with van der Waals surface area (Å²) in [5.74, 6) is 0.157. The summed E-state index contributed by atoms with van der Waals surface area (Å²) in [4.78, 5) is 12.2. The molecule has 140 valence electrons. The number of halogens is 3. The van der Waals surface area contributed by atoms with Crippen LogP contribution in [0, 0.1) is 0 Å². The molecule has 0 aromatic carbocycles. The monoisotopic (exact) mass is 367 g/mol. The third-order valence-electron chi connectivity index (χ3n) is 4.94. The molecule has 0 atom stereocenters. The van der Waals surface area contributed by atoms with Gasteiger partial charge in [-0.2, -0.15) is 23.4 Å². The topological polar surface area (TPSA) is 75.6 Å². The fourth-order valence-electron chi connectivity index (χ4n) is 3.47. The maximum absolute atomic E-state index is 13.2. The van der Waals surface area contributed by atoms with Crippen molar-refractivity contribution in [3.05, 3.63) is 34.4 Å². The fraction of sp³-hybridized carbons (Fsp3) is 0.588. The number of fused-ring (bicyclic) bond motifs is 1. The highest BCUT2D eigenvalue weighted by Crippen LogP contribution is 2.39. The van der Waals surface area contributed by atoms with E-state index in [-0.39, 0.29) is 24.6 Å². The molecule has 2 aromatic heterocycles. The lowest BCUT2D eigenvalue weighted by molar-refractivity contribution is -0.142. The number of nitrogens with one attached hydrogen (secondary N) is 2. The molecule has 4 rings (SSSR count). The summed E-state index contributed by atoms with van der Waals surface area (Å²) in [6, 6.07) is 1.93. The van der Waals surface area contributed by atoms with Crippen LogP contribution in [0.5, 0.6) is 0 Å². The first-order valence-corrected chi connectivity index (χ1v) is 8.88. The summed E-state index contributed by atoms with van der Waals surface area (Å²) < 4.78 is 40.8. The standard InChI is InChI=1S/C17H20F3N5O/c18-17(19,20)16-12-3-1-2-4-14(12)25(24-16)9-15(26)21-8-11-7-13(23-22-11)10-5-6-10/h7,10H,1-6,8-9H2,(H,21,26)(H,22,23). The van der Waals surface area contributed by atoms with Crippen LogP contribution in [-0.4, -0.2) is 25.9 Å². The Morgan fingerprint density at radius 1 is 1.31 bits per heavy atom. The Morgan fingerprint density at radius 2 is 2.08 bits per heavy atom. The SMILES string of the molecule is O=C(Cn1nc(C(F)(F)F)c2c1CCCC2)NCc1cc(C2CC2)n[nH]1. The molecule has 1 amide bonds. The lowest BCUT2D eigenvalue weighted by Gasteiger charge is -2.14. The number of hydrogen-bond donors (Lipinski definition) is 2. The molecule has 2 aliphatic rings. The molecule has 0 bridgehead atoms. The van der Waals surface area contributed by atoms with Gasteiger partial charge in [-0.25, -0.2) is 0 Å². The van der Waals surface area contributed by atoms with Gasteiger partial charge in [0.15, 0.2) is 5.69 Å². The maximum atomic E-state index is 13.2. The minimum absolute atomic E-state index is 0.206. The summed E-state index contributed by atoms with van der Waals surface area (Å²) in [6.07, 6.45) is 0.219. The zero-order chi connectivity index (χ0) is 18.3. The normalized spacial score (nSPS) is 17.2. The van der Waals surface area contributed by atoms with Gasteiger partial charge in [0.25, 0.3) is 0 Å². The molecule has 2 aliphatic carbocycles. The Balaban J connectivity index is 1.42. The molecule has 0 saturated heterocycles. The molecule has 26 heavy (non-hydrogen) atoms. The highest BCUT2D eigenvalue weighted by atomic mass is 19.4. The van der Waals surface area contributed by atoms with E-state index in [9.17, 15) is 18.0 Å². The molecule has 0 radical (unpaired) electrons. The molecule has 2 N–H and O–H groups in total. The van der Waals surface area contributed by atoms with Crippen molar-refractivity contribution in [2.45, 2.75) is 63.7 Å². The number of aromatic amines is 1. The number of rotatable bonds is 5. The smallest absolute Gasteiger partial charge is 0.349 e. The number of carbonyl (C=O) groups excluding carboxylic acids is 1. The van der Waals surface area contributed by atoms with Crippen LogP contribution in [0.2, 0.25) is 0 Å². The average molecular weight is 367 g/mol. The highest BCUT2D eigenvalue weighted by Gasteiger charge is 2.39. The molecule has 2 heterocycles. The Hall–Kier alpha value is -2.32. The van der Waals surface area contributed by atoms with Gasteiger partial charge < -0.3 is 5.32 Å². The van der Waals surface area contributed by atoms with Gasteiger partial charge in [-0.05, 0) is 44.6 Å². The molecule has 1 saturated carbocycles. The van der Waals surface area contributed by atoms with E-state index in [1.54, 1.807) is 0 Å². The largest absolute Gasteiger partial charge is 0.435 e. The summed E-state index contributed by atoms with van der Waals surface area (Å²) in [5.41, 5.74) is 1.74. The minimum atomic E-state index is -4.49. The van der Waals surface area contributed by atoms with Crippen LogP contribution >= 0.6 is 0 Å². The van der Waals surface area contributed by atoms with Crippen molar-refractivity contribution in [1.82, 2.24) is 25.3 Å². The number of nitrogens with zero attached hydrogens (tertiary/aromatic N) is 3. The Morgan fingerprint density at radius 3 is 2.81 bits per heavy atom. The number of carbonyl (C=O) groups is 1. The predicted molar refractivity (Wildman–Crippen MR) is 86.3 cm³/mol. The van der Waals surface area contributed by atoms with Gasteiger partial charge in [0.2, 0.25) is 5.91 Å². The summed E-state index contributed by atoms with van der Waals surface area (Å²) in [5, 5.41) is 13.5. The zero-order valence-corrected chi connectivity index (χ0v) is 14.2. The van der Waals surface area contributed by atoms with E-state index in [0.29, 0.717) is 24.5 Å².